The van der Waals surface area contributed by atoms with E-state index in [1.54, 1.807) is 13.8 Å². The van der Waals surface area contributed by atoms with E-state index >= 15 is 0 Å². The van der Waals surface area contributed by atoms with Gasteiger partial charge in [-0.3, -0.25) is 0 Å². The molecule has 0 fully saturated rings. The van der Waals surface area contributed by atoms with Crippen molar-refractivity contribution in [1.82, 2.24) is 5.32 Å². The Kier molecular flexibility index (Phi) is 4.28. The number of aldehydes is 1. The van der Waals surface area contributed by atoms with Crippen molar-refractivity contribution in [2.45, 2.75) is 20.0 Å². The largest absolute Gasteiger partial charge is 0.447 e. The second-order valence-electron chi connectivity index (χ2n) is 2.00. The first-order valence-corrected chi connectivity index (χ1v) is 3.05. The van der Waals surface area contributed by atoms with Crippen molar-refractivity contribution in [3.63, 3.8) is 0 Å². The van der Waals surface area contributed by atoms with Gasteiger partial charge >= 0.3 is 6.09 Å². The minimum Gasteiger partial charge on any atom is -0.447 e. The Balaban J connectivity index is 3.34. The number of carbonyl (C=O) groups is 2. The van der Waals surface area contributed by atoms with E-state index in [1.807, 2.05) is 0 Å². The number of ether oxygens (including phenoxy) is 1. The number of nitrogens with one attached hydrogen (secondary N) is 1. The van der Waals surface area contributed by atoms with Crippen molar-refractivity contribution in [3.05, 3.63) is 0 Å². The van der Waals surface area contributed by atoms with Gasteiger partial charge in [-0.25, -0.2) is 4.79 Å². The number of amides is 1. The molecule has 0 spiro atoms. The maximum absolute atomic E-state index is 10.5. The molecule has 58 valence electrons. The summed E-state index contributed by atoms with van der Waals surface area (Å²) in [6, 6.07) is 0. The molecule has 0 aliphatic carbocycles. The van der Waals surface area contributed by atoms with Gasteiger partial charge in [0.1, 0.15) is 6.29 Å². The van der Waals surface area contributed by atoms with Gasteiger partial charge < -0.3 is 14.8 Å². The van der Waals surface area contributed by atoms with E-state index in [9.17, 15) is 9.59 Å². The first kappa shape index (κ1) is 8.94. The second-order valence-corrected chi connectivity index (χ2v) is 2.00. The molecule has 0 radical (unpaired) electrons. The zero-order valence-corrected chi connectivity index (χ0v) is 6.09. The zero-order chi connectivity index (χ0) is 7.98. The summed E-state index contributed by atoms with van der Waals surface area (Å²) in [5.74, 6) is 0. The summed E-state index contributed by atoms with van der Waals surface area (Å²) in [7, 11) is 0. The van der Waals surface area contributed by atoms with Gasteiger partial charge in [0.15, 0.2) is 0 Å². The Labute approximate surface area is 59.6 Å². The van der Waals surface area contributed by atoms with Gasteiger partial charge in [-0.1, -0.05) is 0 Å². The highest BCUT2D eigenvalue weighted by atomic mass is 16.6. The Morgan fingerprint density at radius 1 is 1.70 bits per heavy atom. The molecular formula is C6H11NO3. The van der Waals surface area contributed by atoms with E-state index in [1.165, 1.54) is 0 Å². The van der Waals surface area contributed by atoms with Crippen molar-refractivity contribution in [3.8, 4) is 0 Å². The predicted molar refractivity (Wildman–Crippen MR) is 35.7 cm³/mol. The average molecular weight is 145 g/mol. The summed E-state index contributed by atoms with van der Waals surface area (Å²) in [4.78, 5) is 20.2. The third-order valence-corrected chi connectivity index (χ3v) is 0.672. The molecule has 0 aliphatic rings. The summed E-state index contributed by atoms with van der Waals surface area (Å²) in [6.45, 7) is 3.48. The summed E-state index contributed by atoms with van der Waals surface area (Å²) >= 11 is 0. The summed E-state index contributed by atoms with van der Waals surface area (Å²) in [5, 5.41) is 2.23. The Hall–Kier alpha value is -1.06. The Morgan fingerprint density at radius 3 is 2.70 bits per heavy atom. The first-order valence-electron chi connectivity index (χ1n) is 3.05. The van der Waals surface area contributed by atoms with E-state index < -0.39 is 6.09 Å². The fraction of sp³-hybridized carbons (Fsp3) is 0.667. The lowest BCUT2D eigenvalue weighted by Gasteiger charge is -2.06. The molecule has 1 amide bonds. The highest BCUT2D eigenvalue weighted by Gasteiger charge is 2.01. The van der Waals surface area contributed by atoms with Crippen LogP contribution in [-0.2, 0) is 9.53 Å². The Bertz CT molecular complexity index is 122. The van der Waals surface area contributed by atoms with E-state index in [0.29, 0.717) is 6.29 Å². The van der Waals surface area contributed by atoms with Gasteiger partial charge in [-0.2, -0.15) is 0 Å². The molecule has 0 saturated carbocycles. The lowest BCUT2D eigenvalue weighted by Crippen LogP contribution is -2.28. The maximum atomic E-state index is 10.5. The molecule has 0 aliphatic heterocycles. The number of carbonyl (C=O) groups excluding carboxylic acids is 2. The molecular weight excluding hydrogens is 134 g/mol. The van der Waals surface area contributed by atoms with Crippen LogP contribution in [0.15, 0.2) is 0 Å². The van der Waals surface area contributed by atoms with Crippen LogP contribution in [0.3, 0.4) is 0 Å². The van der Waals surface area contributed by atoms with Crippen LogP contribution in [0.25, 0.3) is 0 Å². The highest BCUT2D eigenvalue weighted by molar-refractivity contribution is 5.70. The van der Waals surface area contributed by atoms with Gasteiger partial charge in [0.05, 0.1) is 12.6 Å². The van der Waals surface area contributed by atoms with E-state index in [-0.39, 0.29) is 12.6 Å². The number of alkyl carbamates (subject to hydrolysis) is 1. The van der Waals surface area contributed by atoms with Crippen LogP contribution in [-0.4, -0.2) is 25.0 Å². The minimum absolute atomic E-state index is 0.00551. The highest BCUT2D eigenvalue weighted by Crippen LogP contribution is 1.86. The molecule has 0 bridgehead atoms. The third-order valence-electron chi connectivity index (χ3n) is 0.672. The molecule has 10 heavy (non-hydrogen) atoms. The lowest BCUT2D eigenvalue weighted by atomic mass is 10.5. The van der Waals surface area contributed by atoms with E-state index in [0.717, 1.165) is 0 Å². The predicted octanol–water partition coefficient (Wildman–Crippen LogP) is 0.320. The molecule has 0 saturated heterocycles. The van der Waals surface area contributed by atoms with Crippen LogP contribution >= 0.6 is 0 Å². The SMILES string of the molecule is CC(C)OC(=O)NCC=O. The normalized spacial score (nSPS) is 9.10. The summed E-state index contributed by atoms with van der Waals surface area (Å²) < 4.78 is 4.64. The van der Waals surface area contributed by atoms with Crippen molar-refractivity contribution >= 4 is 12.4 Å². The van der Waals surface area contributed by atoms with Gasteiger partial charge in [0, 0.05) is 0 Å². The molecule has 0 aromatic rings. The Morgan fingerprint density at radius 2 is 2.30 bits per heavy atom. The quantitative estimate of drug-likeness (QED) is 0.582. The topological polar surface area (TPSA) is 55.4 Å². The van der Waals surface area contributed by atoms with Crippen molar-refractivity contribution < 1.29 is 14.3 Å². The summed E-state index contributed by atoms with van der Waals surface area (Å²) in [6.07, 6.45) is -0.101. The minimum atomic E-state index is -0.554. The van der Waals surface area contributed by atoms with Crippen LogP contribution in [0.2, 0.25) is 0 Å². The van der Waals surface area contributed by atoms with Crippen molar-refractivity contribution in [2.24, 2.45) is 0 Å². The van der Waals surface area contributed by atoms with Crippen molar-refractivity contribution in [2.75, 3.05) is 6.54 Å². The smallest absolute Gasteiger partial charge is 0.407 e. The number of hydrogen-bond acceptors (Lipinski definition) is 3. The van der Waals surface area contributed by atoms with Gasteiger partial charge in [-0.05, 0) is 13.8 Å². The monoisotopic (exact) mass is 145 g/mol. The van der Waals surface area contributed by atoms with Gasteiger partial charge in [-0.15, -0.1) is 0 Å². The molecule has 0 atom stereocenters. The lowest BCUT2D eigenvalue weighted by molar-refractivity contribution is -0.107. The molecule has 0 aromatic heterocycles. The molecule has 0 unspecified atom stereocenters. The molecule has 0 heterocycles. The standard InChI is InChI=1S/C6H11NO3/c1-5(2)10-6(9)7-3-4-8/h4-5H,3H2,1-2H3,(H,7,9). The van der Waals surface area contributed by atoms with E-state index in [2.05, 4.69) is 10.1 Å². The average Bonchev–Trinajstić information content (AvgIpc) is 1.82. The van der Waals surface area contributed by atoms with Crippen molar-refractivity contribution in [1.29, 1.82) is 0 Å². The van der Waals surface area contributed by atoms with Crippen LogP contribution in [0.1, 0.15) is 13.8 Å². The van der Waals surface area contributed by atoms with Crippen LogP contribution in [0.4, 0.5) is 4.79 Å². The van der Waals surface area contributed by atoms with Crippen LogP contribution < -0.4 is 5.32 Å². The summed E-state index contributed by atoms with van der Waals surface area (Å²) in [5.41, 5.74) is 0. The fourth-order valence-corrected chi connectivity index (χ4v) is 0.381. The van der Waals surface area contributed by atoms with Crippen LogP contribution in [0.5, 0.6) is 0 Å². The first-order chi connectivity index (χ1) is 4.66. The second kappa shape index (κ2) is 4.78. The third kappa shape index (κ3) is 5.08. The number of hydrogen-bond donors (Lipinski definition) is 1. The molecule has 1 N–H and O–H groups in total. The van der Waals surface area contributed by atoms with Gasteiger partial charge in [0.25, 0.3) is 0 Å². The molecule has 4 nitrogen and oxygen atoms in total. The van der Waals surface area contributed by atoms with E-state index in [4.69, 9.17) is 0 Å². The molecule has 0 aromatic carbocycles. The maximum Gasteiger partial charge on any atom is 0.407 e. The molecule has 4 heteroatoms. The molecule has 0 rings (SSSR count). The number of rotatable bonds is 3. The van der Waals surface area contributed by atoms with Crippen LogP contribution in [0, 0.1) is 0 Å². The zero-order valence-electron chi connectivity index (χ0n) is 6.09. The van der Waals surface area contributed by atoms with Gasteiger partial charge in [0.2, 0.25) is 0 Å². The fourth-order valence-electron chi connectivity index (χ4n) is 0.381.